The number of carbonyl (C=O) groups is 3. The lowest BCUT2D eigenvalue weighted by atomic mass is 9.99. The topological polar surface area (TPSA) is 87.2 Å². The number of carboxylic acid groups (broad SMARTS) is 1. The monoisotopic (exact) mass is 272 g/mol. The van der Waals surface area contributed by atoms with Gasteiger partial charge in [0, 0.05) is 20.1 Å². The van der Waals surface area contributed by atoms with Crippen molar-refractivity contribution in [2.24, 2.45) is 11.8 Å². The van der Waals surface area contributed by atoms with Crippen LogP contribution in [0.1, 0.15) is 13.8 Å². The molecule has 0 spiro atoms. The van der Waals surface area contributed by atoms with Gasteiger partial charge in [-0.3, -0.25) is 4.79 Å². The minimum absolute atomic E-state index is 0.00457. The van der Waals surface area contributed by atoms with Crippen LogP contribution in [0.15, 0.2) is 0 Å². The zero-order valence-electron chi connectivity index (χ0n) is 11.6. The molecule has 19 heavy (non-hydrogen) atoms. The zero-order valence-corrected chi connectivity index (χ0v) is 11.6. The number of methoxy groups -OCH3 is 1. The molecule has 1 fully saturated rings. The molecule has 0 aromatic heterocycles. The number of carbonyl (C=O) groups excluding carboxylic acids is 2. The number of aliphatic carboxylic acids is 1. The van der Waals surface area contributed by atoms with Gasteiger partial charge in [0.05, 0.1) is 13.0 Å². The van der Waals surface area contributed by atoms with Crippen LogP contribution < -0.4 is 0 Å². The van der Waals surface area contributed by atoms with Crippen LogP contribution in [0, 0.1) is 11.8 Å². The number of hydrogen-bond acceptors (Lipinski definition) is 4. The second kappa shape index (κ2) is 5.90. The Bertz CT molecular complexity index is 384. The smallest absolute Gasteiger partial charge is 0.326 e. The van der Waals surface area contributed by atoms with E-state index in [4.69, 9.17) is 9.84 Å². The largest absolute Gasteiger partial charge is 0.480 e. The molecule has 2 amide bonds. The summed E-state index contributed by atoms with van der Waals surface area (Å²) in [5.74, 6) is -1.74. The molecular formula is C12H20N2O5. The molecule has 108 valence electrons. The summed E-state index contributed by atoms with van der Waals surface area (Å²) in [6, 6.07) is -1.28. The maximum atomic E-state index is 12.1. The highest BCUT2D eigenvalue weighted by molar-refractivity contribution is 5.83. The number of nitrogens with zero attached hydrogens (tertiary/aromatic N) is 2. The number of amides is 2. The molecule has 0 bridgehead atoms. The number of carboxylic acids is 1. The third-order valence-corrected chi connectivity index (χ3v) is 3.63. The van der Waals surface area contributed by atoms with Crippen molar-refractivity contribution in [1.29, 1.82) is 0 Å². The molecule has 1 aliphatic rings. The molecule has 1 aliphatic heterocycles. The van der Waals surface area contributed by atoms with Crippen LogP contribution in [0.5, 0.6) is 0 Å². The second-order valence-electron chi connectivity index (χ2n) is 4.92. The van der Waals surface area contributed by atoms with Gasteiger partial charge < -0.3 is 19.6 Å². The first-order chi connectivity index (χ1) is 8.79. The van der Waals surface area contributed by atoms with E-state index in [-0.39, 0.29) is 30.4 Å². The van der Waals surface area contributed by atoms with Crippen LogP contribution in [0.4, 0.5) is 4.79 Å². The van der Waals surface area contributed by atoms with E-state index < -0.39 is 12.0 Å². The lowest BCUT2D eigenvalue weighted by molar-refractivity contribution is -0.146. The van der Waals surface area contributed by atoms with E-state index >= 15 is 0 Å². The fraction of sp³-hybridized carbons (Fsp3) is 0.750. The Morgan fingerprint density at radius 3 is 2.42 bits per heavy atom. The molecule has 0 aromatic rings. The molecular weight excluding hydrogens is 252 g/mol. The Labute approximate surface area is 112 Å². The highest BCUT2D eigenvalue weighted by Gasteiger charge is 2.39. The summed E-state index contributed by atoms with van der Waals surface area (Å²) < 4.78 is 4.69. The van der Waals surface area contributed by atoms with Gasteiger partial charge in [0.1, 0.15) is 6.04 Å². The first-order valence-corrected chi connectivity index (χ1v) is 6.12. The summed E-state index contributed by atoms with van der Waals surface area (Å²) in [4.78, 5) is 37.2. The number of urea groups is 1. The summed E-state index contributed by atoms with van der Waals surface area (Å²) >= 11 is 0. The molecule has 1 heterocycles. The van der Waals surface area contributed by atoms with Crippen LogP contribution in [0.2, 0.25) is 0 Å². The van der Waals surface area contributed by atoms with Crippen molar-refractivity contribution in [3.63, 3.8) is 0 Å². The van der Waals surface area contributed by atoms with E-state index in [1.54, 1.807) is 0 Å². The van der Waals surface area contributed by atoms with Gasteiger partial charge in [0.25, 0.3) is 0 Å². The van der Waals surface area contributed by atoms with Crippen LogP contribution in [-0.4, -0.2) is 66.2 Å². The summed E-state index contributed by atoms with van der Waals surface area (Å²) in [6.45, 7) is 4.01. The van der Waals surface area contributed by atoms with Gasteiger partial charge in [0.2, 0.25) is 0 Å². The summed E-state index contributed by atoms with van der Waals surface area (Å²) in [5, 5.41) is 8.89. The molecule has 0 aromatic carbocycles. The first-order valence-electron chi connectivity index (χ1n) is 6.12. The van der Waals surface area contributed by atoms with Gasteiger partial charge in [-0.1, -0.05) is 6.92 Å². The van der Waals surface area contributed by atoms with Crippen LogP contribution in [0.3, 0.4) is 0 Å². The predicted molar refractivity (Wildman–Crippen MR) is 66.5 cm³/mol. The minimum Gasteiger partial charge on any atom is -0.480 e. The Morgan fingerprint density at radius 1 is 1.37 bits per heavy atom. The van der Waals surface area contributed by atoms with Gasteiger partial charge in [-0.05, 0) is 12.8 Å². The Balaban J connectivity index is 2.70. The van der Waals surface area contributed by atoms with Crippen molar-refractivity contribution < 1.29 is 24.2 Å². The molecule has 0 radical (unpaired) electrons. The van der Waals surface area contributed by atoms with Gasteiger partial charge in [-0.25, -0.2) is 9.59 Å². The van der Waals surface area contributed by atoms with Crippen molar-refractivity contribution in [2.45, 2.75) is 19.9 Å². The molecule has 0 saturated carbocycles. The highest BCUT2D eigenvalue weighted by Crippen LogP contribution is 2.25. The number of rotatable bonds is 3. The normalized spacial score (nSPS) is 23.9. The Hall–Kier alpha value is -1.79. The minimum atomic E-state index is -1.06. The molecule has 1 N–H and O–H groups in total. The molecule has 7 nitrogen and oxygen atoms in total. The van der Waals surface area contributed by atoms with E-state index in [9.17, 15) is 14.4 Å². The highest BCUT2D eigenvalue weighted by atomic mass is 16.5. The number of hydrogen-bond donors (Lipinski definition) is 1. The molecule has 1 saturated heterocycles. The maximum absolute atomic E-state index is 12.1. The quantitative estimate of drug-likeness (QED) is 0.744. The van der Waals surface area contributed by atoms with Gasteiger partial charge in [-0.15, -0.1) is 0 Å². The van der Waals surface area contributed by atoms with Crippen LogP contribution in [0.25, 0.3) is 0 Å². The average Bonchev–Trinajstić information content (AvgIpc) is 2.77. The molecule has 1 rings (SSSR count). The van der Waals surface area contributed by atoms with Crippen molar-refractivity contribution in [3.05, 3.63) is 0 Å². The zero-order chi connectivity index (χ0) is 14.7. The average molecular weight is 272 g/mol. The van der Waals surface area contributed by atoms with E-state index in [1.807, 2.05) is 6.92 Å². The van der Waals surface area contributed by atoms with E-state index in [1.165, 1.54) is 26.0 Å². The van der Waals surface area contributed by atoms with E-state index in [0.717, 1.165) is 4.90 Å². The lowest BCUT2D eigenvalue weighted by Gasteiger charge is -2.27. The number of esters is 1. The SMILES string of the molecule is COC(=O)C1CN(C(=O)N(C)C(C)C(=O)O)CC1C. The van der Waals surface area contributed by atoms with Gasteiger partial charge in [-0.2, -0.15) is 0 Å². The number of likely N-dealkylation sites (N-methyl/N-ethyl adjacent to an activating group) is 1. The standard InChI is InChI=1S/C12H20N2O5/c1-7-5-14(6-9(7)11(17)19-4)12(18)13(3)8(2)10(15)16/h7-9H,5-6H2,1-4H3,(H,15,16). The van der Waals surface area contributed by atoms with Crippen LogP contribution >= 0.6 is 0 Å². The van der Waals surface area contributed by atoms with Crippen molar-refractivity contribution >= 4 is 18.0 Å². The molecule has 3 unspecified atom stereocenters. The number of ether oxygens (including phenoxy) is 1. The number of likely N-dealkylation sites (tertiary alicyclic amines) is 1. The third-order valence-electron chi connectivity index (χ3n) is 3.63. The molecule has 7 heteroatoms. The summed E-state index contributed by atoms with van der Waals surface area (Å²) in [6.07, 6.45) is 0. The Morgan fingerprint density at radius 2 is 1.95 bits per heavy atom. The summed E-state index contributed by atoms with van der Waals surface area (Å²) in [5.41, 5.74) is 0. The van der Waals surface area contributed by atoms with E-state index in [2.05, 4.69) is 0 Å². The van der Waals surface area contributed by atoms with Gasteiger partial charge in [0.15, 0.2) is 0 Å². The van der Waals surface area contributed by atoms with E-state index in [0.29, 0.717) is 6.54 Å². The predicted octanol–water partition coefficient (Wildman–Crippen LogP) is 0.252. The maximum Gasteiger partial charge on any atom is 0.326 e. The second-order valence-corrected chi connectivity index (χ2v) is 4.92. The van der Waals surface area contributed by atoms with Crippen molar-refractivity contribution in [1.82, 2.24) is 9.80 Å². The molecule has 0 aliphatic carbocycles. The van der Waals surface area contributed by atoms with Gasteiger partial charge >= 0.3 is 18.0 Å². The fourth-order valence-corrected chi connectivity index (χ4v) is 2.14. The first kappa shape index (κ1) is 15.3. The lowest BCUT2D eigenvalue weighted by Crippen LogP contribution is -2.47. The van der Waals surface area contributed by atoms with Crippen LogP contribution in [-0.2, 0) is 14.3 Å². The summed E-state index contributed by atoms with van der Waals surface area (Å²) in [7, 11) is 2.76. The molecule has 3 atom stereocenters. The third kappa shape index (κ3) is 3.15. The Kier molecular flexibility index (Phi) is 4.74. The van der Waals surface area contributed by atoms with Crippen molar-refractivity contribution in [3.8, 4) is 0 Å². The van der Waals surface area contributed by atoms with Crippen molar-refractivity contribution in [2.75, 3.05) is 27.2 Å². The fourth-order valence-electron chi connectivity index (χ4n) is 2.14.